The van der Waals surface area contributed by atoms with Gasteiger partial charge in [-0.3, -0.25) is 4.79 Å². The molecule has 0 aliphatic heterocycles. The van der Waals surface area contributed by atoms with E-state index in [-0.39, 0.29) is 22.9 Å². The number of aliphatic hydroxyl groups is 1. The maximum absolute atomic E-state index is 12.7. The highest BCUT2D eigenvalue weighted by atomic mass is 16.5. The van der Waals surface area contributed by atoms with Gasteiger partial charge in [-0.05, 0) is 78.0 Å². The van der Waals surface area contributed by atoms with Crippen LogP contribution in [0.2, 0.25) is 0 Å². The largest absolute Gasteiger partial charge is 0.491 e. The van der Waals surface area contributed by atoms with Gasteiger partial charge in [0.2, 0.25) is 0 Å². The maximum Gasteiger partial charge on any atom is 0.138 e. The van der Waals surface area contributed by atoms with Gasteiger partial charge in [0.15, 0.2) is 0 Å². The lowest BCUT2D eigenvalue weighted by molar-refractivity contribution is -0.154. The third-order valence-corrected chi connectivity index (χ3v) is 8.55. The number of aliphatic hydroxyl groups excluding tert-OH is 1. The van der Waals surface area contributed by atoms with Gasteiger partial charge in [-0.25, -0.2) is 0 Å². The summed E-state index contributed by atoms with van der Waals surface area (Å²) in [4.78, 5) is 12.7. The Labute approximate surface area is 163 Å². The van der Waals surface area contributed by atoms with Crippen molar-refractivity contribution in [3.63, 3.8) is 0 Å². The van der Waals surface area contributed by atoms with Crippen molar-refractivity contribution < 1.29 is 14.6 Å². The molecule has 0 radical (unpaired) electrons. The lowest BCUT2D eigenvalue weighted by Crippen LogP contribution is -2.59. The van der Waals surface area contributed by atoms with Crippen LogP contribution < -0.4 is 4.74 Å². The van der Waals surface area contributed by atoms with E-state index >= 15 is 0 Å². The van der Waals surface area contributed by atoms with Crippen molar-refractivity contribution in [2.45, 2.75) is 71.6 Å². The highest BCUT2D eigenvalue weighted by Crippen LogP contribution is 2.66. The van der Waals surface area contributed by atoms with E-state index < -0.39 is 0 Å². The van der Waals surface area contributed by atoms with E-state index in [9.17, 15) is 4.79 Å². The zero-order valence-electron chi connectivity index (χ0n) is 17.3. The Balaban J connectivity index is 1.74. The van der Waals surface area contributed by atoms with E-state index in [1.807, 2.05) is 6.07 Å². The number of fused-ring (bicyclic) bond motifs is 5. The molecule has 1 N–H and O–H groups in total. The second-order valence-electron chi connectivity index (χ2n) is 10.1. The predicted molar refractivity (Wildman–Crippen MR) is 107 cm³/mol. The van der Waals surface area contributed by atoms with Crippen LogP contribution in [0.15, 0.2) is 18.2 Å². The summed E-state index contributed by atoms with van der Waals surface area (Å²) in [6.07, 6.45) is 6.38. The fourth-order valence-electron chi connectivity index (χ4n) is 7.18. The molecule has 4 atom stereocenters. The van der Waals surface area contributed by atoms with Gasteiger partial charge < -0.3 is 9.84 Å². The Morgan fingerprint density at radius 3 is 2.59 bits per heavy atom. The molecule has 0 saturated heterocycles. The fraction of sp³-hybridized carbons (Fsp3) is 0.708. The molecule has 3 aliphatic rings. The van der Waals surface area contributed by atoms with E-state index in [2.05, 4.69) is 39.8 Å². The van der Waals surface area contributed by atoms with Gasteiger partial charge in [-0.1, -0.05) is 33.8 Å². The standard InChI is InChI=1S/C24H34O3/c1-22(2)19-9-11-23(3)18-15-17(27-14-13-25)7-5-16(18)6-8-20(23)24(19,4)12-10-21(22)26/h5,7,15,19-20,25H,6,8-14H2,1-4H3/t19-,20-,23-,24-/m0/s1. The maximum atomic E-state index is 12.7. The first kappa shape index (κ1) is 19.0. The Morgan fingerprint density at radius 2 is 1.85 bits per heavy atom. The topological polar surface area (TPSA) is 46.5 Å². The number of ketones is 1. The van der Waals surface area contributed by atoms with Crippen LogP contribution in [0.5, 0.6) is 5.75 Å². The zero-order valence-corrected chi connectivity index (χ0v) is 17.3. The molecular weight excluding hydrogens is 336 g/mol. The van der Waals surface area contributed by atoms with Crippen molar-refractivity contribution in [3.8, 4) is 5.75 Å². The molecule has 1 aromatic carbocycles. The fourth-order valence-corrected chi connectivity index (χ4v) is 7.18. The SMILES string of the molecule is CC1(C)C(=O)CC[C@]2(C)[C@H]3CCc4ccc(OCCO)cc4[C@]3(C)CC[C@@H]12. The van der Waals surface area contributed by atoms with Gasteiger partial charge >= 0.3 is 0 Å². The molecule has 3 heteroatoms. The number of aryl methyl sites for hydroxylation is 1. The minimum Gasteiger partial charge on any atom is -0.491 e. The summed E-state index contributed by atoms with van der Waals surface area (Å²) in [6, 6.07) is 6.51. The third kappa shape index (κ3) is 2.68. The number of hydrogen-bond acceptors (Lipinski definition) is 3. The van der Waals surface area contributed by atoms with Gasteiger partial charge in [0, 0.05) is 11.8 Å². The minimum absolute atomic E-state index is 0.0415. The average molecular weight is 371 g/mol. The first-order valence-electron chi connectivity index (χ1n) is 10.6. The molecule has 4 rings (SSSR count). The number of rotatable bonds is 3. The summed E-state index contributed by atoms with van der Waals surface area (Å²) in [5.74, 6) is 2.43. The molecule has 0 unspecified atom stereocenters. The van der Waals surface area contributed by atoms with Crippen molar-refractivity contribution in [1.29, 1.82) is 0 Å². The molecule has 0 aromatic heterocycles. The van der Waals surface area contributed by atoms with Crippen LogP contribution in [0.1, 0.15) is 70.9 Å². The minimum atomic E-state index is -0.194. The molecule has 0 bridgehead atoms. The molecular formula is C24H34O3. The number of carbonyl (C=O) groups excluding carboxylic acids is 1. The van der Waals surface area contributed by atoms with Crippen LogP contribution in [-0.2, 0) is 16.6 Å². The predicted octanol–water partition coefficient (Wildman–Crippen LogP) is 4.68. The summed E-state index contributed by atoms with van der Waals surface area (Å²) >= 11 is 0. The van der Waals surface area contributed by atoms with Crippen LogP contribution in [0.25, 0.3) is 0 Å². The molecule has 0 spiro atoms. The van der Waals surface area contributed by atoms with E-state index in [0.29, 0.717) is 24.2 Å². The number of carbonyl (C=O) groups is 1. The first-order chi connectivity index (χ1) is 12.7. The van der Waals surface area contributed by atoms with Gasteiger partial charge in [-0.2, -0.15) is 0 Å². The molecule has 0 heterocycles. The van der Waals surface area contributed by atoms with Crippen LogP contribution in [0.4, 0.5) is 0 Å². The van der Waals surface area contributed by atoms with Crippen molar-refractivity contribution in [1.82, 2.24) is 0 Å². The molecule has 2 fully saturated rings. The normalized spacial score (nSPS) is 37.1. The second-order valence-corrected chi connectivity index (χ2v) is 10.1. The Bertz CT molecular complexity index is 752. The molecule has 3 aliphatic carbocycles. The first-order valence-corrected chi connectivity index (χ1v) is 10.6. The summed E-state index contributed by atoms with van der Waals surface area (Å²) in [5.41, 5.74) is 3.08. The number of Topliss-reactive ketones (excluding diaryl/α,β-unsaturated/α-hetero) is 1. The summed E-state index contributed by atoms with van der Waals surface area (Å²) in [5, 5.41) is 9.09. The number of hydrogen-bond donors (Lipinski definition) is 1. The van der Waals surface area contributed by atoms with E-state index in [0.717, 1.165) is 37.9 Å². The van der Waals surface area contributed by atoms with E-state index in [1.165, 1.54) is 17.5 Å². The Kier molecular flexibility index (Phi) is 4.46. The average Bonchev–Trinajstić information content (AvgIpc) is 2.63. The van der Waals surface area contributed by atoms with Crippen LogP contribution in [-0.4, -0.2) is 24.1 Å². The summed E-state index contributed by atoms with van der Waals surface area (Å²) < 4.78 is 5.73. The molecule has 1 aromatic rings. The highest BCUT2D eigenvalue weighted by Gasteiger charge is 2.61. The van der Waals surface area contributed by atoms with Crippen LogP contribution >= 0.6 is 0 Å². The zero-order chi connectivity index (χ0) is 19.4. The molecule has 148 valence electrons. The van der Waals surface area contributed by atoms with Crippen molar-refractivity contribution in [2.24, 2.45) is 22.7 Å². The Hall–Kier alpha value is -1.35. The quantitative estimate of drug-likeness (QED) is 0.840. The van der Waals surface area contributed by atoms with Gasteiger partial charge in [0.1, 0.15) is 18.1 Å². The van der Waals surface area contributed by atoms with Crippen LogP contribution in [0.3, 0.4) is 0 Å². The molecule has 0 amide bonds. The van der Waals surface area contributed by atoms with Crippen molar-refractivity contribution in [2.75, 3.05) is 13.2 Å². The molecule has 27 heavy (non-hydrogen) atoms. The monoisotopic (exact) mass is 370 g/mol. The summed E-state index contributed by atoms with van der Waals surface area (Å²) in [6.45, 7) is 9.70. The lowest BCUT2D eigenvalue weighted by atomic mass is 9.40. The van der Waals surface area contributed by atoms with Crippen molar-refractivity contribution in [3.05, 3.63) is 29.3 Å². The molecule has 3 nitrogen and oxygen atoms in total. The lowest BCUT2D eigenvalue weighted by Gasteiger charge is -2.63. The third-order valence-electron chi connectivity index (χ3n) is 8.55. The Morgan fingerprint density at radius 1 is 1.07 bits per heavy atom. The van der Waals surface area contributed by atoms with Gasteiger partial charge in [0.25, 0.3) is 0 Å². The van der Waals surface area contributed by atoms with Crippen molar-refractivity contribution >= 4 is 5.78 Å². The summed E-state index contributed by atoms with van der Waals surface area (Å²) in [7, 11) is 0. The van der Waals surface area contributed by atoms with Gasteiger partial charge in [-0.15, -0.1) is 0 Å². The smallest absolute Gasteiger partial charge is 0.138 e. The highest BCUT2D eigenvalue weighted by molar-refractivity contribution is 5.85. The molecule has 2 saturated carbocycles. The van der Waals surface area contributed by atoms with Crippen LogP contribution in [0, 0.1) is 22.7 Å². The number of ether oxygens (including phenoxy) is 1. The number of benzene rings is 1. The second kappa shape index (κ2) is 6.34. The van der Waals surface area contributed by atoms with E-state index in [1.54, 1.807) is 0 Å². The van der Waals surface area contributed by atoms with E-state index in [4.69, 9.17) is 9.84 Å². The van der Waals surface area contributed by atoms with Gasteiger partial charge in [0.05, 0.1) is 6.61 Å².